The first-order valence-electron chi connectivity index (χ1n) is 8.69. The highest BCUT2D eigenvalue weighted by atomic mass is 32.2. The Kier molecular flexibility index (Phi) is 4.29. The molecule has 0 aliphatic carbocycles. The Morgan fingerprint density at radius 3 is 2.63 bits per heavy atom. The summed E-state index contributed by atoms with van der Waals surface area (Å²) in [6.45, 7) is 0. The molecule has 3 aromatic heterocycles. The second kappa shape index (κ2) is 7.12. The molecule has 9 nitrogen and oxygen atoms in total. The largest absolute Gasteiger partial charge is 0.303 e. The molecule has 0 spiro atoms. The Morgan fingerprint density at radius 1 is 1.13 bits per heavy atom. The summed E-state index contributed by atoms with van der Waals surface area (Å²) in [6, 6.07) is 9.53. The number of hydrogen-bond donors (Lipinski definition) is 2. The molecule has 1 fully saturated rings. The van der Waals surface area contributed by atoms with Crippen LogP contribution in [-0.2, 0) is 4.79 Å². The van der Waals surface area contributed by atoms with E-state index in [0.29, 0.717) is 22.0 Å². The zero-order chi connectivity index (χ0) is 20.7. The van der Waals surface area contributed by atoms with E-state index in [0.717, 1.165) is 22.2 Å². The van der Waals surface area contributed by atoms with Gasteiger partial charge in [-0.05, 0) is 64.5 Å². The first kappa shape index (κ1) is 18.1. The van der Waals surface area contributed by atoms with Gasteiger partial charge in [0.2, 0.25) is 11.6 Å². The van der Waals surface area contributed by atoms with Crippen molar-refractivity contribution in [2.45, 2.75) is 0 Å². The number of benzene rings is 1. The summed E-state index contributed by atoms with van der Waals surface area (Å²) in [5.74, 6) is -0.345. The number of carbonyl (C=O) groups excluding carboxylic acids is 1. The number of halogens is 1. The Balaban J connectivity index is 1.49. The van der Waals surface area contributed by atoms with E-state index in [2.05, 4.69) is 20.5 Å². The minimum atomic E-state index is -0.430. The topological polar surface area (TPSA) is 117 Å². The molecule has 30 heavy (non-hydrogen) atoms. The van der Waals surface area contributed by atoms with Crippen molar-refractivity contribution in [3.63, 3.8) is 0 Å². The van der Waals surface area contributed by atoms with Crippen LogP contribution in [0, 0.1) is 11.2 Å². The normalized spacial score (nSPS) is 15.5. The highest BCUT2D eigenvalue weighted by Gasteiger charge is 2.38. The Labute approximate surface area is 172 Å². The number of amidine groups is 1. The standard InChI is InChI=1S/C19H12FN7O2S/c20-13-5-3-11(4-6-13)15-12(10-22-23-15)9-14-18(28)27(19(21)30-14)17-16(24-29-25-17)26-7-1-2-8-26/h1-10,21H,(H,22,23)/b14-9-,21-19?. The van der Waals surface area contributed by atoms with Crippen LogP contribution in [0.5, 0.6) is 0 Å². The van der Waals surface area contributed by atoms with E-state index >= 15 is 0 Å². The number of anilines is 1. The van der Waals surface area contributed by atoms with Crippen molar-refractivity contribution in [3.05, 3.63) is 71.3 Å². The first-order valence-corrected chi connectivity index (χ1v) is 9.51. The van der Waals surface area contributed by atoms with Gasteiger partial charge < -0.3 is 4.57 Å². The number of rotatable bonds is 4. The van der Waals surface area contributed by atoms with Crippen molar-refractivity contribution in [1.29, 1.82) is 5.41 Å². The average Bonchev–Trinajstić information content (AvgIpc) is 3.51. The van der Waals surface area contributed by atoms with E-state index in [1.807, 2.05) is 0 Å². The zero-order valence-corrected chi connectivity index (χ0v) is 15.9. The minimum absolute atomic E-state index is 0.0258. The van der Waals surface area contributed by atoms with Gasteiger partial charge in [-0.2, -0.15) is 5.10 Å². The number of nitrogens with zero attached hydrogens (tertiary/aromatic N) is 5. The smallest absolute Gasteiger partial charge is 0.272 e. The lowest BCUT2D eigenvalue weighted by Gasteiger charge is -2.11. The van der Waals surface area contributed by atoms with Crippen LogP contribution in [0.4, 0.5) is 10.2 Å². The van der Waals surface area contributed by atoms with E-state index in [1.165, 1.54) is 12.1 Å². The van der Waals surface area contributed by atoms with Gasteiger partial charge in [-0.3, -0.25) is 15.3 Å². The number of H-pyrrole nitrogens is 1. The molecule has 1 aromatic carbocycles. The highest BCUT2D eigenvalue weighted by Crippen LogP contribution is 2.37. The summed E-state index contributed by atoms with van der Waals surface area (Å²) in [5.41, 5.74) is 1.99. The van der Waals surface area contributed by atoms with E-state index in [1.54, 1.807) is 53.5 Å². The maximum absolute atomic E-state index is 13.2. The van der Waals surface area contributed by atoms with Crippen molar-refractivity contribution in [1.82, 2.24) is 25.1 Å². The van der Waals surface area contributed by atoms with Gasteiger partial charge in [-0.1, -0.05) is 0 Å². The molecule has 0 atom stereocenters. The molecule has 11 heteroatoms. The monoisotopic (exact) mass is 421 g/mol. The molecular weight excluding hydrogens is 409 g/mol. The van der Waals surface area contributed by atoms with Gasteiger partial charge in [-0.15, -0.1) is 0 Å². The fraction of sp³-hybridized carbons (Fsp3) is 0. The van der Waals surface area contributed by atoms with Crippen molar-refractivity contribution in [3.8, 4) is 17.1 Å². The molecule has 0 radical (unpaired) electrons. The third-order valence-corrected chi connectivity index (χ3v) is 5.32. The molecule has 1 saturated heterocycles. The quantitative estimate of drug-likeness (QED) is 0.488. The molecule has 148 valence electrons. The second-order valence-electron chi connectivity index (χ2n) is 6.27. The Morgan fingerprint density at radius 2 is 1.87 bits per heavy atom. The third-order valence-electron chi connectivity index (χ3n) is 4.43. The summed E-state index contributed by atoms with van der Waals surface area (Å²) in [4.78, 5) is 14.5. The third kappa shape index (κ3) is 3.01. The van der Waals surface area contributed by atoms with Crippen LogP contribution < -0.4 is 4.90 Å². The highest BCUT2D eigenvalue weighted by molar-refractivity contribution is 8.19. The summed E-state index contributed by atoms with van der Waals surface area (Å²) in [7, 11) is 0. The molecule has 0 bridgehead atoms. The van der Waals surface area contributed by atoms with Crippen LogP contribution in [0.25, 0.3) is 23.2 Å². The Bertz CT molecular complexity index is 1270. The summed E-state index contributed by atoms with van der Waals surface area (Å²) < 4.78 is 19.7. The van der Waals surface area contributed by atoms with Crippen molar-refractivity contribution < 1.29 is 13.8 Å². The van der Waals surface area contributed by atoms with E-state index in [-0.39, 0.29) is 16.8 Å². The summed E-state index contributed by atoms with van der Waals surface area (Å²) in [5, 5.41) is 22.8. The van der Waals surface area contributed by atoms with Crippen LogP contribution in [-0.4, -0.2) is 36.2 Å². The average molecular weight is 421 g/mol. The van der Waals surface area contributed by atoms with E-state index in [4.69, 9.17) is 10.0 Å². The van der Waals surface area contributed by atoms with Gasteiger partial charge in [-0.25, -0.2) is 13.9 Å². The lowest BCUT2D eigenvalue weighted by atomic mass is 10.1. The van der Waals surface area contributed by atoms with Gasteiger partial charge >= 0.3 is 0 Å². The number of amides is 1. The van der Waals surface area contributed by atoms with Crippen molar-refractivity contribution in [2.24, 2.45) is 0 Å². The van der Waals surface area contributed by atoms with Gasteiger partial charge in [0.25, 0.3) is 5.91 Å². The van der Waals surface area contributed by atoms with Gasteiger partial charge in [0.1, 0.15) is 5.82 Å². The predicted octanol–water partition coefficient (Wildman–Crippen LogP) is 3.45. The van der Waals surface area contributed by atoms with Crippen LogP contribution in [0.3, 0.4) is 0 Å². The van der Waals surface area contributed by atoms with Crippen molar-refractivity contribution >= 4 is 34.7 Å². The number of carbonyl (C=O) groups is 1. The van der Waals surface area contributed by atoms with Crippen LogP contribution >= 0.6 is 11.8 Å². The van der Waals surface area contributed by atoms with Gasteiger partial charge in [0.15, 0.2) is 5.17 Å². The minimum Gasteiger partial charge on any atom is -0.303 e. The predicted molar refractivity (Wildman–Crippen MR) is 108 cm³/mol. The zero-order valence-electron chi connectivity index (χ0n) is 15.1. The molecule has 1 aliphatic heterocycles. The molecule has 5 rings (SSSR count). The fourth-order valence-corrected chi connectivity index (χ4v) is 3.87. The van der Waals surface area contributed by atoms with Crippen LogP contribution in [0.15, 0.2) is 64.5 Å². The molecule has 1 amide bonds. The second-order valence-corrected chi connectivity index (χ2v) is 7.30. The Hall–Kier alpha value is -3.99. The number of hydrogen-bond acceptors (Lipinski definition) is 7. The maximum atomic E-state index is 13.2. The maximum Gasteiger partial charge on any atom is 0.272 e. The number of aromatic nitrogens is 5. The molecular formula is C19H12FN7O2S. The molecule has 2 N–H and O–H groups in total. The molecule has 4 aromatic rings. The molecule has 1 aliphatic rings. The molecule has 4 heterocycles. The summed E-state index contributed by atoms with van der Waals surface area (Å²) in [6.07, 6.45) is 6.66. The van der Waals surface area contributed by atoms with Crippen molar-refractivity contribution in [2.75, 3.05) is 4.90 Å². The lowest BCUT2D eigenvalue weighted by molar-refractivity contribution is -0.113. The SMILES string of the molecule is N=C1S/C(=C\c2cn[nH]c2-c2ccc(F)cc2)C(=O)N1c1nonc1-n1cccc1. The molecule has 0 unspecified atom stereocenters. The number of thioether (sulfide) groups is 1. The fourth-order valence-electron chi connectivity index (χ4n) is 3.03. The number of aromatic amines is 1. The first-order chi connectivity index (χ1) is 14.6. The lowest BCUT2D eigenvalue weighted by Crippen LogP contribution is -2.29. The van der Waals surface area contributed by atoms with Gasteiger partial charge in [0, 0.05) is 23.5 Å². The summed E-state index contributed by atoms with van der Waals surface area (Å²) >= 11 is 0.991. The number of nitrogens with one attached hydrogen (secondary N) is 2. The van der Waals surface area contributed by atoms with Gasteiger partial charge in [0.05, 0.1) is 16.8 Å². The van der Waals surface area contributed by atoms with E-state index in [9.17, 15) is 9.18 Å². The van der Waals surface area contributed by atoms with Crippen LogP contribution in [0.2, 0.25) is 0 Å². The van der Waals surface area contributed by atoms with E-state index < -0.39 is 5.91 Å². The van der Waals surface area contributed by atoms with Crippen LogP contribution in [0.1, 0.15) is 5.56 Å². The molecule has 0 saturated carbocycles.